The first-order chi connectivity index (χ1) is 5.77. The number of rotatable bonds is 5. The summed E-state index contributed by atoms with van der Waals surface area (Å²) in [7, 11) is 0. The van der Waals surface area contributed by atoms with Crippen molar-refractivity contribution >= 4 is 0 Å². The van der Waals surface area contributed by atoms with Gasteiger partial charge in [0.25, 0.3) is 0 Å². The van der Waals surface area contributed by atoms with Crippen LogP contribution in [0.5, 0.6) is 0 Å². The Hall–Kier alpha value is -0.510. The third kappa shape index (κ3) is 4.31. The van der Waals surface area contributed by atoms with Crippen molar-refractivity contribution < 1.29 is 17.9 Å². The molecule has 0 heterocycles. The fourth-order valence-corrected chi connectivity index (χ4v) is 0.507. The Labute approximate surface area is 76.6 Å². The van der Waals surface area contributed by atoms with Gasteiger partial charge in [0.2, 0.25) is 0 Å². The molecule has 13 heavy (non-hydrogen) atoms. The van der Waals surface area contributed by atoms with E-state index < -0.39 is 18.4 Å². The summed E-state index contributed by atoms with van der Waals surface area (Å²) >= 11 is 0. The molecule has 1 atom stereocenters. The summed E-state index contributed by atoms with van der Waals surface area (Å²) in [6.45, 7) is 6.96. The van der Waals surface area contributed by atoms with Gasteiger partial charge in [-0.25, -0.2) is 4.39 Å². The molecule has 0 aliphatic carbocycles. The topological polar surface area (TPSA) is 9.23 Å². The molecule has 1 nitrogen and oxygen atoms in total. The molecule has 0 saturated heterocycles. The first-order valence-corrected chi connectivity index (χ1v) is 4.11. The van der Waals surface area contributed by atoms with Crippen LogP contribution in [0.3, 0.4) is 0 Å². The summed E-state index contributed by atoms with van der Waals surface area (Å²) in [5.74, 6) is -5.09. The number of alkyl halides is 2. The number of hydrogen-bond acceptors (Lipinski definition) is 1. The molecule has 1 unspecified atom stereocenters. The van der Waals surface area contributed by atoms with Crippen LogP contribution in [0.1, 0.15) is 20.8 Å². The summed E-state index contributed by atoms with van der Waals surface area (Å²) in [4.78, 5) is 0. The van der Waals surface area contributed by atoms with Crippen molar-refractivity contribution in [3.8, 4) is 0 Å². The summed E-state index contributed by atoms with van der Waals surface area (Å²) in [6, 6.07) is 0. The zero-order valence-electron chi connectivity index (χ0n) is 8.11. The van der Waals surface area contributed by atoms with Gasteiger partial charge < -0.3 is 4.74 Å². The second-order valence-corrected chi connectivity index (χ2v) is 3.37. The summed E-state index contributed by atoms with van der Waals surface area (Å²) in [6.07, 6.45) is -0.315. The normalized spacial score (nSPS) is 14.7. The van der Waals surface area contributed by atoms with Gasteiger partial charge in [-0.05, 0) is 12.8 Å². The minimum Gasteiger partial charge on any atom is -0.372 e. The van der Waals surface area contributed by atoms with Gasteiger partial charge in [-0.2, -0.15) is 8.78 Å². The van der Waals surface area contributed by atoms with Crippen LogP contribution in [0.15, 0.2) is 12.4 Å². The van der Waals surface area contributed by atoms with E-state index in [1.165, 1.54) is 0 Å². The SMILES string of the molecule is C=C(F)C(F)(F)COC(C)C(C)C. The quantitative estimate of drug-likeness (QED) is 0.656. The Bertz CT molecular complexity index is 178. The maximum absolute atomic E-state index is 12.6. The van der Waals surface area contributed by atoms with Crippen LogP contribution in [-0.4, -0.2) is 18.6 Å². The van der Waals surface area contributed by atoms with E-state index in [1.54, 1.807) is 6.92 Å². The van der Waals surface area contributed by atoms with Crippen molar-refractivity contribution in [3.63, 3.8) is 0 Å². The molecule has 0 aromatic rings. The fraction of sp³-hybridized carbons (Fsp3) is 0.778. The Balaban J connectivity index is 3.95. The van der Waals surface area contributed by atoms with Crippen molar-refractivity contribution in [2.75, 3.05) is 6.61 Å². The minimum atomic E-state index is -3.57. The lowest BCUT2D eigenvalue weighted by atomic mass is 10.1. The third-order valence-electron chi connectivity index (χ3n) is 1.86. The second kappa shape index (κ2) is 4.65. The van der Waals surface area contributed by atoms with Gasteiger partial charge in [-0.3, -0.25) is 0 Å². The second-order valence-electron chi connectivity index (χ2n) is 3.37. The lowest BCUT2D eigenvalue weighted by Crippen LogP contribution is -2.28. The van der Waals surface area contributed by atoms with Crippen LogP contribution in [0.2, 0.25) is 0 Å². The molecule has 0 rings (SSSR count). The predicted octanol–water partition coefficient (Wildman–Crippen LogP) is 3.17. The highest BCUT2D eigenvalue weighted by atomic mass is 19.3. The predicted molar refractivity (Wildman–Crippen MR) is 45.4 cm³/mol. The molecule has 0 radical (unpaired) electrons. The molecule has 0 aliphatic rings. The van der Waals surface area contributed by atoms with Gasteiger partial charge >= 0.3 is 5.92 Å². The maximum atomic E-state index is 12.6. The Kier molecular flexibility index (Phi) is 4.47. The Morgan fingerprint density at radius 1 is 1.38 bits per heavy atom. The van der Waals surface area contributed by atoms with E-state index >= 15 is 0 Å². The van der Waals surface area contributed by atoms with Gasteiger partial charge in [0.1, 0.15) is 6.61 Å². The monoisotopic (exact) mass is 196 g/mol. The Morgan fingerprint density at radius 3 is 2.15 bits per heavy atom. The summed E-state index contributed by atoms with van der Waals surface area (Å²) < 4.78 is 42.0. The average Bonchev–Trinajstić information content (AvgIpc) is 1.99. The number of halogens is 3. The van der Waals surface area contributed by atoms with E-state index in [2.05, 4.69) is 6.58 Å². The third-order valence-corrected chi connectivity index (χ3v) is 1.86. The minimum absolute atomic E-state index is 0.128. The van der Waals surface area contributed by atoms with E-state index in [0.717, 1.165) is 0 Å². The first-order valence-electron chi connectivity index (χ1n) is 4.11. The van der Waals surface area contributed by atoms with Gasteiger partial charge in [0.15, 0.2) is 5.83 Å². The van der Waals surface area contributed by atoms with E-state index in [9.17, 15) is 13.2 Å². The summed E-state index contributed by atoms with van der Waals surface area (Å²) in [5, 5.41) is 0. The molecular weight excluding hydrogens is 181 g/mol. The smallest absolute Gasteiger partial charge is 0.320 e. The standard InChI is InChI=1S/C9H15F3O/c1-6(2)7(3)13-5-9(11,12)8(4)10/h6-7H,4-5H2,1-3H3. The highest BCUT2D eigenvalue weighted by molar-refractivity contribution is 4.97. The van der Waals surface area contributed by atoms with E-state index in [0.29, 0.717) is 0 Å². The van der Waals surface area contributed by atoms with Gasteiger partial charge in [0.05, 0.1) is 6.10 Å². The average molecular weight is 196 g/mol. The van der Waals surface area contributed by atoms with Crippen molar-refractivity contribution in [3.05, 3.63) is 12.4 Å². The summed E-state index contributed by atoms with van der Waals surface area (Å²) in [5.41, 5.74) is 0. The molecule has 0 N–H and O–H groups in total. The van der Waals surface area contributed by atoms with Crippen molar-refractivity contribution in [1.82, 2.24) is 0 Å². The molecule has 4 heteroatoms. The first kappa shape index (κ1) is 12.5. The highest BCUT2D eigenvalue weighted by Crippen LogP contribution is 2.24. The largest absolute Gasteiger partial charge is 0.372 e. The van der Waals surface area contributed by atoms with Gasteiger partial charge in [0, 0.05) is 0 Å². The highest BCUT2D eigenvalue weighted by Gasteiger charge is 2.34. The molecule has 0 aromatic heterocycles. The molecule has 0 aliphatic heterocycles. The molecule has 0 amide bonds. The molecule has 0 bridgehead atoms. The molecular formula is C9H15F3O. The zero-order chi connectivity index (χ0) is 10.6. The van der Waals surface area contributed by atoms with E-state index in [1.807, 2.05) is 13.8 Å². The fourth-order valence-electron chi connectivity index (χ4n) is 0.507. The van der Waals surface area contributed by atoms with Crippen LogP contribution in [0.25, 0.3) is 0 Å². The van der Waals surface area contributed by atoms with Crippen molar-refractivity contribution in [2.45, 2.75) is 32.8 Å². The van der Waals surface area contributed by atoms with Crippen LogP contribution < -0.4 is 0 Å². The van der Waals surface area contributed by atoms with Crippen LogP contribution in [-0.2, 0) is 4.74 Å². The zero-order valence-corrected chi connectivity index (χ0v) is 8.11. The molecule has 0 spiro atoms. The van der Waals surface area contributed by atoms with Crippen molar-refractivity contribution in [2.24, 2.45) is 5.92 Å². The lowest BCUT2D eigenvalue weighted by Gasteiger charge is -2.20. The van der Waals surface area contributed by atoms with Crippen LogP contribution >= 0.6 is 0 Å². The number of ether oxygens (including phenoxy) is 1. The molecule has 0 saturated carbocycles. The molecule has 0 aromatic carbocycles. The number of hydrogen-bond donors (Lipinski definition) is 0. The van der Waals surface area contributed by atoms with Crippen LogP contribution in [0.4, 0.5) is 13.2 Å². The van der Waals surface area contributed by atoms with Gasteiger partial charge in [-0.15, -0.1) is 0 Å². The Morgan fingerprint density at radius 2 is 1.85 bits per heavy atom. The van der Waals surface area contributed by atoms with Crippen molar-refractivity contribution in [1.29, 1.82) is 0 Å². The van der Waals surface area contributed by atoms with E-state index in [-0.39, 0.29) is 12.0 Å². The van der Waals surface area contributed by atoms with Crippen LogP contribution in [0, 0.1) is 5.92 Å². The maximum Gasteiger partial charge on any atom is 0.320 e. The lowest BCUT2D eigenvalue weighted by molar-refractivity contribution is -0.0912. The molecule has 0 fully saturated rings. The molecule has 78 valence electrons. The van der Waals surface area contributed by atoms with E-state index in [4.69, 9.17) is 4.74 Å². The van der Waals surface area contributed by atoms with Gasteiger partial charge in [-0.1, -0.05) is 20.4 Å².